The third-order valence-corrected chi connectivity index (χ3v) is 4.78. The molecule has 0 bridgehead atoms. The van der Waals surface area contributed by atoms with Crippen LogP contribution >= 0.6 is 0 Å². The van der Waals surface area contributed by atoms with Crippen LogP contribution < -0.4 is 5.32 Å². The molecule has 1 fully saturated rings. The van der Waals surface area contributed by atoms with Crippen LogP contribution in [-0.4, -0.2) is 74.4 Å². The molecule has 2 N–H and O–H groups in total. The Morgan fingerprint density at radius 3 is 2.68 bits per heavy atom. The molecule has 1 aliphatic heterocycles. The molecule has 2 amide bonds. The van der Waals surface area contributed by atoms with Crippen molar-refractivity contribution in [2.45, 2.75) is 18.9 Å². The minimum absolute atomic E-state index is 0.0426. The molecule has 0 saturated carbocycles. The van der Waals surface area contributed by atoms with Crippen LogP contribution in [0, 0.1) is 5.92 Å². The standard InChI is InChI=1S/C19H31N3O3/c1-21(19(24)20-10-13-25-2)14-16-8-11-22(12-9-16)15-18(23)17-6-4-3-5-7-17/h3-7,16,18,23H,8-15H2,1-2H3,(H,20,24). The number of aliphatic hydroxyl groups excluding tert-OH is 1. The summed E-state index contributed by atoms with van der Waals surface area (Å²) in [7, 11) is 3.46. The Morgan fingerprint density at radius 2 is 2.04 bits per heavy atom. The molecule has 0 radical (unpaired) electrons. The zero-order valence-electron chi connectivity index (χ0n) is 15.4. The first kappa shape index (κ1) is 19.7. The van der Waals surface area contributed by atoms with Crippen LogP contribution in [0.25, 0.3) is 0 Å². The summed E-state index contributed by atoms with van der Waals surface area (Å²) in [6.45, 7) is 4.44. The zero-order valence-corrected chi connectivity index (χ0v) is 15.4. The number of piperidine rings is 1. The van der Waals surface area contributed by atoms with Gasteiger partial charge in [-0.25, -0.2) is 4.79 Å². The number of amides is 2. The largest absolute Gasteiger partial charge is 0.387 e. The molecule has 6 heteroatoms. The number of urea groups is 1. The minimum Gasteiger partial charge on any atom is -0.387 e. The second-order valence-electron chi connectivity index (χ2n) is 6.78. The van der Waals surface area contributed by atoms with Crippen molar-refractivity contribution in [1.29, 1.82) is 0 Å². The smallest absolute Gasteiger partial charge is 0.317 e. The molecule has 2 rings (SSSR count). The lowest BCUT2D eigenvalue weighted by molar-refractivity contribution is 0.0847. The molecule has 140 valence electrons. The van der Waals surface area contributed by atoms with Gasteiger partial charge in [-0.1, -0.05) is 30.3 Å². The van der Waals surface area contributed by atoms with Gasteiger partial charge in [-0.05, 0) is 37.4 Å². The number of benzene rings is 1. The lowest BCUT2D eigenvalue weighted by atomic mass is 9.96. The van der Waals surface area contributed by atoms with Gasteiger partial charge in [-0.2, -0.15) is 0 Å². The maximum Gasteiger partial charge on any atom is 0.317 e. The third-order valence-electron chi connectivity index (χ3n) is 4.78. The second-order valence-corrected chi connectivity index (χ2v) is 6.78. The average Bonchev–Trinajstić information content (AvgIpc) is 2.64. The minimum atomic E-state index is -0.438. The van der Waals surface area contributed by atoms with Crippen molar-refractivity contribution >= 4 is 6.03 Å². The van der Waals surface area contributed by atoms with E-state index in [2.05, 4.69) is 10.2 Å². The first-order valence-electron chi connectivity index (χ1n) is 9.03. The monoisotopic (exact) mass is 349 g/mol. The van der Waals surface area contributed by atoms with E-state index in [-0.39, 0.29) is 6.03 Å². The lowest BCUT2D eigenvalue weighted by Gasteiger charge is -2.34. The van der Waals surface area contributed by atoms with Gasteiger partial charge >= 0.3 is 6.03 Å². The predicted molar refractivity (Wildman–Crippen MR) is 98.5 cm³/mol. The normalized spacial score (nSPS) is 17.2. The first-order chi connectivity index (χ1) is 12.1. The second kappa shape index (κ2) is 10.4. The highest BCUT2D eigenvalue weighted by Crippen LogP contribution is 2.21. The van der Waals surface area contributed by atoms with Crippen LogP contribution in [0.15, 0.2) is 30.3 Å². The summed E-state index contributed by atoms with van der Waals surface area (Å²) in [5.74, 6) is 0.517. The number of likely N-dealkylation sites (tertiary alicyclic amines) is 1. The molecule has 0 aliphatic carbocycles. The number of methoxy groups -OCH3 is 1. The maximum absolute atomic E-state index is 12.0. The van der Waals surface area contributed by atoms with Crippen molar-refractivity contribution < 1.29 is 14.6 Å². The molecule has 6 nitrogen and oxygen atoms in total. The van der Waals surface area contributed by atoms with Crippen LogP contribution in [0.5, 0.6) is 0 Å². The predicted octanol–water partition coefficient (Wildman–Crippen LogP) is 1.72. The Morgan fingerprint density at radius 1 is 1.36 bits per heavy atom. The van der Waals surface area contributed by atoms with Crippen LogP contribution in [0.3, 0.4) is 0 Å². The van der Waals surface area contributed by atoms with E-state index < -0.39 is 6.10 Å². The molecule has 1 unspecified atom stereocenters. The number of hydrogen-bond donors (Lipinski definition) is 2. The lowest BCUT2D eigenvalue weighted by Crippen LogP contribution is -2.44. The van der Waals surface area contributed by atoms with Gasteiger partial charge in [0.15, 0.2) is 0 Å². The molecule has 1 atom stereocenters. The molecule has 0 spiro atoms. The van der Waals surface area contributed by atoms with Crippen LogP contribution in [0.1, 0.15) is 24.5 Å². The fraction of sp³-hybridized carbons (Fsp3) is 0.632. The Balaban J connectivity index is 1.68. The van der Waals surface area contributed by atoms with Crippen LogP contribution in [0.4, 0.5) is 4.79 Å². The van der Waals surface area contributed by atoms with Crippen molar-refractivity contribution in [3.8, 4) is 0 Å². The van der Waals surface area contributed by atoms with E-state index in [1.54, 1.807) is 12.0 Å². The number of hydrogen-bond acceptors (Lipinski definition) is 4. The summed E-state index contributed by atoms with van der Waals surface area (Å²) in [6.07, 6.45) is 1.67. The number of carbonyl (C=O) groups excluding carboxylic acids is 1. The molecule has 0 aromatic heterocycles. The van der Waals surface area contributed by atoms with Gasteiger partial charge in [0.2, 0.25) is 0 Å². The molecule has 1 aromatic rings. The number of carbonyl (C=O) groups is 1. The fourth-order valence-electron chi connectivity index (χ4n) is 3.24. The number of aliphatic hydroxyl groups is 1. The van der Waals surface area contributed by atoms with E-state index in [1.807, 2.05) is 37.4 Å². The number of rotatable bonds is 8. The number of nitrogens with one attached hydrogen (secondary N) is 1. The Labute approximate surface area is 150 Å². The van der Waals surface area contributed by atoms with Crippen molar-refractivity contribution in [3.05, 3.63) is 35.9 Å². The van der Waals surface area contributed by atoms with Gasteiger partial charge in [0.1, 0.15) is 0 Å². The van der Waals surface area contributed by atoms with Crippen molar-refractivity contribution in [1.82, 2.24) is 15.1 Å². The van der Waals surface area contributed by atoms with Gasteiger partial charge < -0.3 is 25.0 Å². The number of ether oxygens (including phenoxy) is 1. The van der Waals surface area contributed by atoms with Gasteiger partial charge in [-0.15, -0.1) is 0 Å². The van der Waals surface area contributed by atoms with Crippen molar-refractivity contribution in [2.24, 2.45) is 5.92 Å². The van der Waals surface area contributed by atoms with Crippen molar-refractivity contribution in [3.63, 3.8) is 0 Å². The van der Waals surface area contributed by atoms with E-state index in [4.69, 9.17) is 4.74 Å². The summed E-state index contributed by atoms with van der Waals surface area (Å²) < 4.78 is 4.94. The SMILES string of the molecule is COCCNC(=O)N(C)CC1CCN(CC(O)c2ccccc2)CC1. The summed E-state index contributed by atoms with van der Waals surface area (Å²) >= 11 is 0. The zero-order chi connectivity index (χ0) is 18.1. The van der Waals surface area contributed by atoms with E-state index in [0.717, 1.165) is 38.0 Å². The van der Waals surface area contributed by atoms with E-state index >= 15 is 0 Å². The quantitative estimate of drug-likeness (QED) is 0.702. The number of nitrogens with zero attached hydrogens (tertiary/aromatic N) is 2. The first-order valence-corrected chi connectivity index (χ1v) is 9.03. The topological polar surface area (TPSA) is 65.0 Å². The van der Waals surface area contributed by atoms with E-state index in [9.17, 15) is 9.90 Å². The van der Waals surface area contributed by atoms with Gasteiger partial charge in [-0.3, -0.25) is 0 Å². The van der Waals surface area contributed by atoms with Crippen LogP contribution in [-0.2, 0) is 4.74 Å². The molecular weight excluding hydrogens is 318 g/mol. The van der Waals surface area contributed by atoms with Gasteiger partial charge in [0.05, 0.1) is 12.7 Å². The summed E-state index contributed by atoms with van der Waals surface area (Å²) in [6, 6.07) is 9.77. The molecular formula is C19H31N3O3. The summed E-state index contributed by atoms with van der Waals surface area (Å²) in [5.41, 5.74) is 0.970. The fourth-order valence-corrected chi connectivity index (χ4v) is 3.24. The summed E-state index contributed by atoms with van der Waals surface area (Å²) in [4.78, 5) is 16.0. The Bertz CT molecular complexity index is 504. The molecule has 1 saturated heterocycles. The molecule has 1 aromatic carbocycles. The van der Waals surface area contributed by atoms with E-state index in [0.29, 0.717) is 25.6 Å². The van der Waals surface area contributed by atoms with Gasteiger partial charge in [0, 0.05) is 33.8 Å². The Kier molecular flexibility index (Phi) is 8.18. The van der Waals surface area contributed by atoms with E-state index in [1.165, 1.54) is 0 Å². The average molecular weight is 349 g/mol. The molecule has 25 heavy (non-hydrogen) atoms. The Hall–Kier alpha value is -1.63. The number of β-amino-alcohol motifs (C(OH)–C–C–N with tert-alkyl or cyclic N) is 1. The summed E-state index contributed by atoms with van der Waals surface area (Å²) in [5, 5.41) is 13.2. The maximum atomic E-state index is 12.0. The highest BCUT2D eigenvalue weighted by molar-refractivity contribution is 5.73. The van der Waals surface area contributed by atoms with Gasteiger partial charge in [0.25, 0.3) is 0 Å². The van der Waals surface area contributed by atoms with Crippen LogP contribution in [0.2, 0.25) is 0 Å². The highest BCUT2D eigenvalue weighted by atomic mass is 16.5. The van der Waals surface area contributed by atoms with Crippen molar-refractivity contribution in [2.75, 3.05) is 53.5 Å². The molecule has 1 heterocycles. The molecule has 1 aliphatic rings. The third kappa shape index (κ3) is 6.65. The highest BCUT2D eigenvalue weighted by Gasteiger charge is 2.23.